The first-order chi connectivity index (χ1) is 10.4. The van der Waals surface area contributed by atoms with Gasteiger partial charge >= 0.3 is 0 Å². The molecule has 0 aromatic heterocycles. The van der Waals surface area contributed by atoms with Crippen LogP contribution >= 0.6 is 15.9 Å². The summed E-state index contributed by atoms with van der Waals surface area (Å²) >= 11 is 3.22. The minimum Gasteiger partial charge on any atom is -0.495 e. The third-order valence-electron chi connectivity index (χ3n) is 2.82. The van der Waals surface area contributed by atoms with Gasteiger partial charge in [-0.1, -0.05) is 15.9 Å². The van der Waals surface area contributed by atoms with Crippen LogP contribution in [0, 0.1) is 5.82 Å². The number of sulfonamides is 1. The lowest BCUT2D eigenvalue weighted by atomic mass is 10.3. The molecule has 8 heteroatoms. The number of anilines is 1. The summed E-state index contributed by atoms with van der Waals surface area (Å²) in [6.45, 7) is 0. The standard InChI is InChI=1S/C14H13BrFNO4S/c1-20-12-6-3-9(15)7-14(12)22(18,19)17-11-5-4-10(16)8-13(11)21-2/h3-8,17H,1-2H3. The molecule has 0 aliphatic heterocycles. The van der Waals surface area contributed by atoms with Gasteiger partial charge in [0.05, 0.1) is 19.9 Å². The molecule has 1 N–H and O–H groups in total. The lowest BCUT2D eigenvalue weighted by molar-refractivity contribution is 0.402. The first-order valence-corrected chi connectivity index (χ1v) is 8.35. The first kappa shape index (κ1) is 16.6. The molecule has 0 radical (unpaired) electrons. The Balaban J connectivity index is 2.47. The molecular formula is C14H13BrFNO4S. The van der Waals surface area contributed by atoms with Crippen molar-refractivity contribution < 1.29 is 22.3 Å². The van der Waals surface area contributed by atoms with Crippen LogP contribution in [-0.4, -0.2) is 22.6 Å². The first-order valence-electron chi connectivity index (χ1n) is 6.07. The largest absolute Gasteiger partial charge is 0.495 e. The van der Waals surface area contributed by atoms with Gasteiger partial charge in [0, 0.05) is 10.5 Å². The average molecular weight is 390 g/mol. The Morgan fingerprint density at radius 3 is 2.36 bits per heavy atom. The predicted octanol–water partition coefficient (Wildman–Crippen LogP) is 3.41. The van der Waals surface area contributed by atoms with Gasteiger partial charge in [-0.3, -0.25) is 4.72 Å². The monoisotopic (exact) mass is 389 g/mol. The Labute approximate surface area is 136 Å². The molecule has 22 heavy (non-hydrogen) atoms. The number of benzene rings is 2. The van der Waals surface area contributed by atoms with Crippen molar-refractivity contribution in [3.8, 4) is 11.5 Å². The zero-order valence-electron chi connectivity index (χ0n) is 11.8. The highest BCUT2D eigenvalue weighted by Gasteiger charge is 2.21. The van der Waals surface area contributed by atoms with Gasteiger partial charge in [-0.05, 0) is 30.3 Å². The molecule has 118 valence electrons. The van der Waals surface area contributed by atoms with Gasteiger partial charge in [0.15, 0.2) is 0 Å². The normalized spacial score (nSPS) is 11.1. The topological polar surface area (TPSA) is 64.6 Å². The van der Waals surface area contributed by atoms with E-state index in [1.807, 2.05) is 0 Å². The van der Waals surface area contributed by atoms with Crippen molar-refractivity contribution in [2.24, 2.45) is 0 Å². The molecule has 2 rings (SSSR count). The van der Waals surface area contributed by atoms with Gasteiger partial charge in [0.1, 0.15) is 22.2 Å². The number of methoxy groups -OCH3 is 2. The van der Waals surface area contributed by atoms with Gasteiger partial charge in [-0.15, -0.1) is 0 Å². The number of nitrogens with one attached hydrogen (secondary N) is 1. The van der Waals surface area contributed by atoms with Crippen molar-refractivity contribution in [1.82, 2.24) is 0 Å². The second-order valence-corrected chi connectivity index (χ2v) is 6.81. The molecule has 0 amide bonds. The van der Waals surface area contributed by atoms with Crippen molar-refractivity contribution in [3.63, 3.8) is 0 Å². The van der Waals surface area contributed by atoms with Crippen LogP contribution in [0.25, 0.3) is 0 Å². The highest BCUT2D eigenvalue weighted by atomic mass is 79.9. The SMILES string of the molecule is COc1cc(F)ccc1NS(=O)(=O)c1cc(Br)ccc1OC. The molecule has 0 fully saturated rings. The second kappa shape index (κ2) is 6.53. The molecule has 0 saturated carbocycles. The minimum atomic E-state index is -3.93. The Kier molecular flexibility index (Phi) is 4.92. The maximum atomic E-state index is 13.2. The lowest BCUT2D eigenvalue weighted by Crippen LogP contribution is -2.15. The van der Waals surface area contributed by atoms with Crippen molar-refractivity contribution in [2.45, 2.75) is 4.90 Å². The molecule has 0 saturated heterocycles. The Morgan fingerprint density at radius 1 is 1.05 bits per heavy atom. The van der Waals surface area contributed by atoms with E-state index in [0.717, 1.165) is 12.1 Å². The van der Waals surface area contributed by atoms with Crippen molar-refractivity contribution in [3.05, 3.63) is 46.7 Å². The summed E-state index contributed by atoms with van der Waals surface area (Å²) in [7, 11) is -1.23. The molecule has 2 aromatic carbocycles. The fraction of sp³-hybridized carbons (Fsp3) is 0.143. The highest BCUT2D eigenvalue weighted by molar-refractivity contribution is 9.10. The smallest absolute Gasteiger partial charge is 0.265 e. The molecule has 0 unspecified atom stereocenters. The zero-order chi connectivity index (χ0) is 16.3. The molecule has 0 spiro atoms. The Morgan fingerprint density at radius 2 is 1.73 bits per heavy atom. The molecule has 0 bridgehead atoms. The van der Waals surface area contributed by atoms with E-state index >= 15 is 0 Å². The lowest BCUT2D eigenvalue weighted by Gasteiger charge is -2.14. The van der Waals surface area contributed by atoms with E-state index in [4.69, 9.17) is 9.47 Å². The van der Waals surface area contributed by atoms with E-state index < -0.39 is 15.8 Å². The summed E-state index contributed by atoms with van der Waals surface area (Å²) < 4.78 is 51.2. The molecule has 0 aliphatic carbocycles. The maximum Gasteiger partial charge on any atom is 0.265 e. The van der Waals surface area contributed by atoms with Crippen LogP contribution in [0.3, 0.4) is 0 Å². The van der Waals surface area contributed by atoms with Crippen molar-refractivity contribution >= 4 is 31.6 Å². The van der Waals surface area contributed by atoms with Crippen LogP contribution in [0.1, 0.15) is 0 Å². The molecular weight excluding hydrogens is 377 g/mol. The van der Waals surface area contributed by atoms with E-state index in [-0.39, 0.29) is 22.1 Å². The third kappa shape index (κ3) is 3.50. The van der Waals surface area contributed by atoms with Crippen LogP contribution in [-0.2, 0) is 10.0 Å². The van der Waals surface area contributed by atoms with Crippen LogP contribution in [0.4, 0.5) is 10.1 Å². The Bertz CT molecular complexity index is 795. The van der Waals surface area contributed by atoms with Crippen LogP contribution in [0.15, 0.2) is 45.8 Å². The van der Waals surface area contributed by atoms with Crippen molar-refractivity contribution in [1.29, 1.82) is 0 Å². The maximum absolute atomic E-state index is 13.2. The van der Waals surface area contributed by atoms with Gasteiger partial charge in [-0.25, -0.2) is 12.8 Å². The number of halogens is 2. The zero-order valence-corrected chi connectivity index (χ0v) is 14.2. The number of hydrogen-bond donors (Lipinski definition) is 1. The van der Waals surface area contributed by atoms with Gasteiger partial charge in [-0.2, -0.15) is 0 Å². The van der Waals surface area contributed by atoms with E-state index in [2.05, 4.69) is 20.7 Å². The van der Waals surface area contributed by atoms with Crippen molar-refractivity contribution in [2.75, 3.05) is 18.9 Å². The molecule has 0 aliphatic rings. The van der Waals surface area contributed by atoms with E-state index in [9.17, 15) is 12.8 Å². The van der Waals surface area contributed by atoms with Gasteiger partial charge in [0.25, 0.3) is 10.0 Å². The summed E-state index contributed by atoms with van der Waals surface area (Å²) in [5.41, 5.74) is 0.130. The molecule has 5 nitrogen and oxygen atoms in total. The summed E-state index contributed by atoms with van der Waals surface area (Å²) in [6, 6.07) is 8.12. The fourth-order valence-electron chi connectivity index (χ4n) is 1.81. The summed E-state index contributed by atoms with van der Waals surface area (Å²) in [4.78, 5) is -0.0456. The molecule has 0 heterocycles. The fourth-order valence-corrected chi connectivity index (χ4v) is 3.59. The van der Waals surface area contributed by atoms with Crippen LogP contribution in [0.5, 0.6) is 11.5 Å². The Hall–Kier alpha value is -1.80. The highest BCUT2D eigenvalue weighted by Crippen LogP contribution is 2.32. The van der Waals surface area contributed by atoms with Gasteiger partial charge < -0.3 is 9.47 Å². The van der Waals surface area contributed by atoms with Gasteiger partial charge in [0.2, 0.25) is 0 Å². The summed E-state index contributed by atoms with van der Waals surface area (Å²) in [5, 5.41) is 0. The molecule has 0 atom stereocenters. The third-order valence-corrected chi connectivity index (χ3v) is 4.70. The van der Waals surface area contributed by atoms with Crippen LogP contribution < -0.4 is 14.2 Å². The predicted molar refractivity (Wildman–Crippen MR) is 84.5 cm³/mol. The number of hydrogen-bond acceptors (Lipinski definition) is 4. The van der Waals surface area contributed by atoms with E-state index in [0.29, 0.717) is 4.47 Å². The van der Waals surface area contributed by atoms with E-state index in [1.54, 1.807) is 6.07 Å². The summed E-state index contributed by atoms with van der Waals surface area (Å²) in [6.07, 6.45) is 0. The quantitative estimate of drug-likeness (QED) is 0.850. The number of ether oxygens (including phenoxy) is 2. The van der Waals surface area contributed by atoms with Crippen LogP contribution in [0.2, 0.25) is 0 Å². The number of rotatable bonds is 5. The average Bonchev–Trinajstić information content (AvgIpc) is 2.48. The second-order valence-electron chi connectivity index (χ2n) is 4.25. The van der Waals surface area contributed by atoms with E-state index in [1.165, 1.54) is 32.4 Å². The minimum absolute atomic E-state index is 0.0456. The molecule has 2 aromatic rings. The summed E-state index contributed by atoms with van der Waals surface area (Å²) in [5.74, 6) is -0.255.